The SMILES string of the molecule is CC(C)(C)OC(=O)N1CCC(Nc2cc(Cl)c(Cl)cc2CN2C(=O)c3ccccc3C2=O)CC1. The molecule has 34 heavy (non-hydrogen) atoms. The highest BCUT2D eigenvalue weighted by molar-refractivity contribution is 6.42. The number of halogens is 2. The molecule has 2 aromatic carbocycles. The summed E-state index contributed by atoms with van der Waals surface area (Å²) in [5.74, 6) is -0.661. The third-order valence-corrected chi connectivity index (χ3v) is 6.58. The number of nitrogens with one attached hydrogen (secondary N) is 1. The van der Waals surface area contributed by atoms with Crippen LogP contribution in [-0.2, 0) is 11.3 Å². The molecule has 1 N–H and O–H groups in total. The van der Waals surface area contributed by atoms with Crippen molar-refractivity contribution in [2.24, 2.45) is 0 Å². The zero-order chi connectivity index (χ0) is 24.6. The Kier molecular flexibility index (Phi) is 6.78. The van der Waals surface area contributed by atoms with Crippen molar-refractivity contribution in [1.29, 1.82) is 0 Å². The molecule has 0 radical (unpaired) electrons. The molecule has 0 bridgehead atoms. The molecule has 2 heterocycles. The Morgan fingerprint density at radius 2 is 1.59 bits per heavy atom. The summed E-state index contributed by atoms with van der Waals surface area (Å²) in [5.41, 5.74) is 1.67. The minimum atomic E-state index is -0.536. The van der Waals surface area contributed by atoms with Gasteiger partial charge in [0.25, 0.3) is 11.8 Å². The number of carbonyl (C=O) groups is 3. The van der Waals surface area contributed by atoms with Crippen LogP contribution in [0.15, 0.2) is 36.4 Å². The number of rotatable bonds is 4. The van der Waals surface area contributed by atoms with Gasteiger partial charge >= 0.3 is 6.09 Å². The first kappa shape index (κ1) is 24.4. The van der Waals surface area contributed by atoms with E-state index in [0.717, 1.165) is 0 Å². The fourth-order valence-electron chi connectivity index (χ4n) is 4.16. The van der Waals surface area contributed by atoms with Crippen molar-refractivity contribution in [3.63, 3.8) is 0 Å². The second-order valence-electron chi connectivity index (χ2n) is 9.55. The average Bonchev–Trinajstić information content (AvgIpc) is 3.01. The van der Waals surface area contributed by atoms with Gasteiger partial charge in [-0.1, -0.05) is 35.3 Å². The molecule has 2 aliphatic rings. The molecule has 2 aliphatic heterocycles. The quantitative estimate of drug-likeness (QED) is 0.549. The van der Waals surface area contributed by atoms with Gasteiger partial charge in [0, 0.05) is 24.8 Å². The van der Waals surface area contributed by atoms with E-state index in [1.165, 1.54) is 4.90 Å². The minimum absolute atomic E-state index is 0.0717. The molecule has 3 amide bonds. The third-order valence-electron chi connectivity index (χ3n) is 5.86. The Bertz CT molecular complexity index is 1100. The van der Waals surface area contributed by atoms with Gasteiger partial charge in [0.1, 0.15) is 5.60 Å². The number of nitrogens with zero attached hydrogens (tertiary/aromatic N) is 2. The standard InChI is InChI=1S/C25H27Cl2N3O4/c1-25(2,3)34-24(33)29-10-8-16(9-11-29)28-21-13-20(27)19(26)12-15(21)14-30-22(31)17-6-4-5-7-18(17)23(30)32/h4-7,12-13,16,28H,8-11,14H2,1-3H3. The Hall–Kier alpha value is -2.77. The van der Waals surface area contributed by atoms with E-state index < -0.39 is 5.60 Å². The highest BCUT2D eigenvalue weighted by atomic mass is 35.5. The predicted octanol–water partition coefficient (Wildman–Crippen LogP) is 5.60. The number of hydrogen-bond donors (Lipinski definition) is 1. The normalized spacial score (nSPS) is 16.6. The van der Waals surface area contributed by atoms with Gasteiger partial charge in [-0.3, -0.25) is 14.5 Å². The molecular formula is C25H27Cl2N3O4. The summed E-state index contributed by atoms with van der Waals surface area (Å²) in [6.45, 7) is 6.73. The first-order chi connectivity index (χ1) is 16.0. The zero-order valence-corrected chi connectivity index (χ0v) is 20.9. The van der Waals surface area contributed by atoms with Crippen LogP contribution < -0.4 is 5.32 Å². The number of piperidine rings is 1. The van der Waals surface area contributed by atoms with E-state index in [0.29, 0.717) is 58.4 Å². The van der Waals surface area contributed by atoms with Crippen molar-refractivity contribution in [2.75, 3.05) is 18.4 Å². The number of hydrogen-bond acceptors (Lipinski definition) is 5. The molecule has 4 rings (SSSR count). The molecule has 1 fully saturated rings. The Labute approximate surface area is 208 Å². The number of ether oxygens (including phenoxy) is 1. The van der Waals surface area contributed by atoms with E-state index in [1.807, 2.05) is 20.8 Å². The first-order valence-electron chi connectivity index (χ1n) is 11.2. The largest absolute Gasteiger partial charge is 0.444 e. The van der Waals surface area contributed by atoms with Gasteiger partial charge in [0.05, 0.1) is 27.7 Å². The molecule has 2 aromatic rings. The Morgan fingerprint density at radius 1 is 1.03 bits per heavy atom. The van der Waals surface area contributed by atoms with Crippen molar-refractivity contribution in [3.05, 3.63) is 63.1 Å². The lowest BCUT2D eigenvalue weighted by molar-refractivity contribution is 0.0210. The van der Waals surface area contributed by atoms with Crippen molar-refractivity contribution in [1.82, 2.24) is 9.80 Å². The molecule has 180 valence electrons. The molecule has 0 aromatic heterocycles. The van der Waals surface area contributed by atoms with E-state index in [2.05, 4.69) is 5.32 Å². The average molecular weight is 504 g/mol. The van der Waals surface area contributed by atoms with E-state index in [-0.39, 0.29) is 30.5 Å². The summed E-state index contributed by atoms with van der Waals surface area (Å²) >= 11 is 12.6. The van der Waals surface area contributed by atoms with Crippen molar-refractivity contribution in [2.45, 2.75) is 51.8 Å². The van der Waals surface area contributed by atoms with Gasteiger partial charge in [-0.15, -0.1) is 0 Å². The Balaban J connectivity index is 1.47. The van der Waals surface area contributed by atoms with Crippen molar-refractivity contribution >= 4 is 46.8 Å². The van der Waals surface area contributed by atoms with Crippen LogP contribution in [0.4, 0.5) is 10.5 Å². The fraction of sp³-hybridized carbons (Fsp3) is 0.400. The number of amides is 3. The van der Waals surface area contributed by atoms with E-state index in [9.17, 15) is 14.4 Å². The first-order valence-corrected chi connectivity index (χ1v) is 12.0. The van der Waals surface area contributed by atoms with E-state index in [4.69, 9.17) is 27.9 Å². The molecule has 9 heteroatoms. The maximum absolute atomic E-state index is 12.8. The predicted molar refractivity (Wildman–Crippen MR) is 132 cm³/mol. The monoisotopic (exact) mass is 503 g/mol. The lowest BCUT2D eigenvalue weighted by Crippen LogP contribution is -2.44. The van der Waals surface area contributed by atoms with Crippen LogP contribution in [0, 0.1) is 0 Å². The lowest BCUT2D eigenvalue weighted by atomic mass is 10.0. The third kappa shape index (κ3) is 5.15. The van der Waals surface area contributed by atoms with Gasteiger partial charge in [-0.05, 0) is 63.4 Å². The maximum Gasteiger partial charge on any atom is 0.410 e. The molecule has 0 saturated carbocycles. The van der Waals surface area contributed by atoms with E-state index in [1.54, 1.807) is 41.3 Å². The molecule has 0 unspecified atom stereocenters. The number of likely N-dealkylation sites (tertiary alicyclic amines) is 1. The van der Waals surface area contributed by atoms with Crippen LogP contribution >= 0.6 is 23.2 Å². The fourth-order valence-corrected chi connectivity index (χ4v) is 4.51. The van der Waals surface area contributed by atoms with Gasteiger partial charge in [-0.2, -0.15) is 0 Å². The molecule has 7 nitrogen and oxygen atoms in total. The molecule has 0 spiro atoms. The van der Waals surface area contributed by atoms with Crippen LogP contribution in [0.25, 0.3) is 0 Å². The van der Waals surface area contributed by atoms with Crippen molar-refractivity contribution in [3.8, 4) is 0 Å². The molecular weight excluding hydrogens is 477 g/mol. The number of benzene rings is 2. The Morgan fingerprint density at radius 3 is 2.15 bits per heavy atom. The summed E-state index contributed by atoms with van der Waals surface area (Å²) in [6, 6.07) is 10.3. The van der Waals surface area contributed by atoms with Crippen LogP contribution in [-0.4, -0.2) is 52.4 Å². The van der Waals surface area contributed by atoms with Gasteiger partial charge < -0.3 is 15.0 Å². The summed E-state index contributed by atoms with van der Waals surface area (Å²) in [4.78, 5) is 41.0. The topological polar surface area (TPSA) is 79.0 Å². The van der Waals surface area contributed by atoms with E-state index >= 15 is 0 Å². The van der Waals surface area contributed by atoms with Crippen molar-refractivity contribution < 1.29 is 19.1 Å². The second-order valence-corrected chi connectivity index (χ2v) is 10.4. The lowest BCUT2D eigenvalue weighted by Gasteiger charge is -2.34. The minimum Gasteiger partial charge on any atom is -0.444 e. The van der Waals surface area contributed by atoms with Gasteiger partial charge in [-0.25, -0.2) is 4.79 Å². The second kappa shape index (κ2) is 9.47. The van der Waals surface area contributed by atoms with Crippen LogP contribution in [0.1, 0.15) is 59.9 Å². The number of fused-ring (bicyclic) bond motifs is 1. The summed E-state index contributed by atoms with van der Waals surface area (Å²) in [7, 11) is 0. The smallest absolute Gasteiger partial charge is 0.410 e. The summed E-state index contributed by atoms with van der Waals surface area (Å²) in [5, 5.41) is 4.20. The highest BCUT2D eigenvalue weighted by Gasteiger charge is 2.36. The molecule has 0 aliphatic carbocycles. The molecule has 0 atom stereocenters. The maximum atomic E-state index is 12.8. The summed E-state index contributed by atoms with van der Waals surface area (Å²) in [6.07, 6.45) is 1.12. The van der Waals surface area contributed by atoms with Gasteiger partial charge in [0.15, 0.2) is 0 Å². The van der Waals surface area contributed by atoms with Crippen LogP contribution in [0.3, 0.4) is 0 Å². The highest BCUT2D eigenvalue weighted by Crippen LogP contribution is 2.33. The number of carbonyl (C=O) groups excluding carboxylic acids is 3. The van der Waals surface area contributed by atoms with Crippen LogP contribution in [0.2, 0.25) is 10.0 Å². The number of imide groups is 1. The number of anilines is 1. The van der Waals surface area contributed by atoms with Crippen LogP contribution in [0.5, 0.6) is 0 Å². The summed E-state index contributed by atoms with van der Waals surface area (Å²) < 4.78 is 5.46. The zero-order valence-electron chi connectivity index (χ0n) is 19.4. The molecule has 1 saturated heterocycles. The van der Waals surface area contributed by atoms with Gasteiger partial charge in [0.2, 0.25) is 0 Å².